The summed E-state index contributed by atoms with van der Waals surface area (Å²) in [6, 6.07) is 5.89. The van der Waals surface area contributed by atoms with Crippen molar-refractivity contribution >= 4 is 5.97 Å². The molecule has 0 aliphatic carbocycles. The predicted molar refractivity (Wildman–Crippen MR) is 54.7 cm³/mol. The van der Waals surface area contributed by atoms with Crippen molar-refractivity contribution in [3.05, 3.63) is 35.6 Å². The largest absolute Gasteiger partial charge is 0.481 e. The normalized spacial score (nSPS) is 11.7. The van der Waals surface area contributed by atoms with Gasteiger partial charge in [0, 0.05) is 6.42 Å². The van der Waals surface area contributed by atoms with Crippen LogP contribution in [-0.2, 0) is 11.2 Å². The first-order chi connectivity index (χ1) is 7.13. The van der Waals surface area contributed by atoms with E-state index in [0.29, 0.717) is 5.56 Å². The van der Waals surface area contributed by atoms with Gasteiger partial charge in [-0.1, -0.05) is 12.1 Å². The van der Waals surface area contributed by atoms with Crippen molar-refractivity contribution in [1.82, 2.24) is 0 Å². The minimum Gasteiger partial charge on any atom is -0.481 e. The van der Waals surface area contributed by atoms with E-state index >= 15 is 0 Å². The molecule has 0 spiro atoms. The van der Waals surface area contributed by atoms with Gasteiger partial charge >= 0.3 is 5.97 Å². The molecule has 0 amide bonds. The van der Waals surface area contributed by atoms with E-state index < -0.39 is 11.9 Å². The molecule has 15 heavy (non-hydrogen) atoms. The van der Waals surface area contributed by atoms with E-state index in [2.05, 4.69) is 5.92 Å². The van der Waals surface area contributed by atoms with E-state index in [0.717, 1.165) is 0 Å². The van der Waals surface area contributed by atoms with Gasteiger partial charge in [-0.2, -0.15) is 0 Å². The Labute approximate surface area is 87.7 Å². The summed E-state index contributed by atoms with van der Waals surface area (Å²) < 4.78 is 12.8. The molecule has 1 rings (SSSR count). The Kier molecular flexibility index (Phi) is 3.87. The standard InChI is InChI=1S/C12H11FO2/c1-2-4-10(12(14)15)7-9-5-3-6-11(13)8-9/h1,3,5-6,8,10H,4,7H2,(H,14,15). The summed E-state index contributed by atoms with van der Waals surface area (Å²) in [5, 5.41) is 8.85. The molecule has 0 aromatic heterocycles. The van der Waals surface area contributed by atoms with Crippen LogP contribution in [0.25, 0.3) is 0 Å². The van der Waals surface area contributed by atoms with E-state index in [-0.39, 0.29) is 18.7 Å². The first kappa shape index (κ1) is 11.3. The van der Waals surface area contributed by atoms with E-state index in [1.54, 1.807) is 12.1 Å². The predicted octanol–water partition coefficient (Wildman–Crippen LogP) is 2.09. The lowest BCUT2D eigenvalue weighted by atomic mass is 9.97. The Hall–Kier alpha value is -1.82. The van der Waals surface area contributed by atoms with Gasteiger partial charge in [0.15, 0.2) is 0 Å². The summed E-state index contributed by atoms with van der Waals surface area (Å²) in [5.41, 5.74) is 0.651. The van der Waals surface area contributed by atoms with E-state index in [1.165, 1.54) is 12.1 Å². The van der Waals surface area contributed by atoms with Crippen molar-refractivity contribution in [3.63, 3.8) is 0 Å². The molecule has 0 aliphatic heterocycles. The monoisotopic (exact) mass is 206 g/mol. The molecule has 2 nitrogen and oxygen atoms in total. The third-order valence-electron chi connectivity index (χ3n) is 2.08. The van der Waals surface area contributed by atoms with Crippen molar-refractivity contribution < 1.29 is 14.3 Å². The van der Waals surface area contributed by atoms with Gasteiger partial charge in [-0.3, -0.25) is 4.79 Å². The van der Waals surface area contributed by atoms with Crippen LogP contribution >= 0.6 is 0 Å². The molecule has 1 N–H and O–H groups in total. The third-order valence-corrected chi connectivity index (χ3v) is 2.08. The number of hydrogen-bond donors (Lipinski definition) is 1. The molecule has 0 saturated heterocycles. The number of halogens is 1. The summed E-state index contributed by atoms with van der Waals surface area (Å²) in [6.45, 7) is 0. The number of terminal acetylenes is 1. The Morgan fingerprint density at radius 2 is 2.33 bits per heavy atom. The number of benzene rings is 1. The molecule has 0 fully saturated rings. The fourth-order valence-corrected chi connectivity index (χ4v) is 1.34. The molecular weight excluding hydrogens is 195 g/mol. The number of hydrogen-bond acceptors (Lipinski definition) is 1. The highest BCUT2D eigenvalue weighted by atomic mass is 19.1. The Morgan fingerprint density at radius 3 is 2.87 bits per heavy atom. The molecule has 1 aromatic rings. The van der Waals surface area contributed by atoms with E-state index in [9.17, 15) is 9.18 Å². The average Bonchev–Trinajstić information content (AvgIpc) is 2.17. The zero-order valence-electron chi connectivity index (χ0n) is 8.11. The minimum atomic E-state index is -0.947. The summed E-state index contributed by atoms with van der Waals surface area (Å²) in [4.78, 5) is 10.8. The number of rotatable bonds is 4. The van der Waals surface area contributed by atoms with Crippen LogP contribution in [0.3, 0.4) is 0 Å². The van der Waals surface area contributed by atoms with Crippen molar-refractivity contribution in [2.75, 3.05) is 0 Å². The van der Waals surface area contributed by atoms with Crippen molar-refractivity contribution in [2.45, 2.75) is 12.8 Å². The van der Waals surface area contributed by atoms with Crippen LogP contribution in [0.5, 0.6) is 0 Å². The Morgan fingerprint density at radius 1 is 1.60 bits per heavy atom. The second kappa shape index (κ2) is 5.16. The highest BCUT2D eigenvalue weighted by molar-refractivity contribution is 5.70. The van der Waals surface area contributed by atoms with Crippen molar-refractivity contribution in [3.8, 4) is 12.3 Å². The zero-order chi connectivity index (χ0) is 11.3. The number of carbonyl (C=O) groups is 1. The average molecular weight is 206 g/mol. The maximum absolute atomic E-state index is 12.8. The minimum absolute atomic E-state index is 0.159. The zero-order valence-corrected chi connectivity index (χ0v) is 8.11. The van der Waals surface area contributed by atoms with Gasteiger partial charge in [0.25, 0.3) is 0 Å². The van der Waals surface area contributed by atoms with E-state index in [1.807, 2.05) is 0 Å². The molecule has 1 aromatic carbocycles. The lowest BCUT2D eigenvalue weighted by molar-refractivity contribution is -0.141. The van der Waals surface area contributed by atoms with Crippen LogP contribution in [0.1, 0.15) is 12.0 Å². The quantitative estimate of drug-likeness (QED) is 0.766. The molecule has 0 heterocycles. The van der Waals surface area contributed by atoms with Gasteiger partial charge < -0.3 is 5.11 Å². The van der Waals surface area contributed by atoms with Crippen LogP contribution in [0.15, 0.2) is 24.3 Å². The fourth-order valence-electron chi connectivity index (χ4n) is 1.34. The van der Waals surface area contributed by atoms with Crippen molar-refractivity contribution in [1.29, 1.82) is 0 Å². The van der Waals surface area contributed by atoms with Gasteiger partial charge in [0.2, 0.25) is 0 Å². The molecule has 0 aliphatic rings. The molecule has 3 heteroatoms. The first-order valence-electron chi connectivity index (χ1n) is 4.54. The summed E-state index contributed by atoms with van der Waals surface area (Å²) >= 11 is 0. The number of carboxylic acid groups (broad SMARTS) is 1. The second-order valence-electron chi connectivity index (χ2n) is 3.28. The molecule has 0 bridgehead atoms. The van der Waals surface area contributed by atoms with Gasteiger partial charge in [-0.05, 0) is 24.1 Å². The van der Waals surface area contributed by atoms with Crippen LogP contribution in [0.2, 0.25) is 0 Å². The maximum Gasteiger partial charge on any atom is 0.307 e. The lowest BCUT2D eigenvalue weighted by Crippen LogP contribution is -2.15. The summed E-state index contributed by atoms with van der Waals surface area (Å²) in [6.07, 6.45) is 5.48. The summed E-state index contributed by atoms with van der Waals surface area (Å²) in [5.74, 6) is 0.357. The van der Waals surface area contributed by atoms with E-state index in [4.69, 9.17) is 11.5 Å². The molecular formula is C12H11FO2. The number of aliphatic carboxylic acids is 1. The van der Waals surface area contributed by atoms with Crippen LogP contribution in [-0.4, -0.2) is 11.1 Å². The maximum atomic E-state index is 12.8. The Bertz CT molecular complexity index is 393. The first-order valence-corrected chi connectivity index (χ1v) is 4.54. The van der Waals surface area contributed by atoms with Crippen LogP contribution in [0.4, 0.5) is 4.39 Å². The van der Waals surface area contributed by atoms with Crippen LogP contribution in [0, 0.1) is 24.1 Å². The van der Waals surface area contributed by atoms with Gasteiger partial charge in [0.05, 0.1) is 5.92 Å². The topological polar surface area (TPSA) is 37.3 Å². The molecule has 1 atom stereocenters. The smallest absolute Gasteiger partial charge is 0.307 e. The number of carboxylic acids is 1. The fraction of sp³-hybridized carbons (Fsp3) is 0.250. The van der Waals surface area contributed by atoms with Gasteiger partial charge in [-0.15, -0.1) is 12.3 Å². The Balaban J connectivity index is 2.75. The second-order valence-corrected chi connectivity index (χ2v) is 3.28. The van der Waals surface area contributed by atoms with Gasteiger partial charge in [-0.25, -0.2) is 4.39 Å². The molecule has 1 unspecified atom stereocenters. The molecule has 0 saturated carbocycles. The molecule has 78 valence electrons. The molecule has 0 radical (unpaired) electrons. The highest BCUT2D eigenvalue weighted by Crippen LogP contribution is 2.13. The van der Waals surface area contributed by atoms with Crippen molar-refractivity contribution in [2.24, 2.45) is 5.92 Å². The van der Waals surface area contributed by atoms with Gasteiger partial charge in [0.1, 0.15) is 5.82 Å². The van der Waals surface area contributed by atoms with Crippen LogP contribution < -0.4 is 0 Å². The SMILES string of the molecule is C#CCC(Cc1cccc(F)c1)C(=O)O. The third kappa shape index (κ3) is 3.43. The lowest BCUT2D eigenvalue weighted by Gasteiger charge is -2.08. The summed E-state index contributed by atoms with van der Waals surface area (Å²) in [7, 11) is 0. The highest BCUT2D eigenvalue weighted by Gasteiger charge is 2.16.